The van der Waals surface area contributed by atoms with E-state index in [4.69, 9.17) is 0 Å². The third-order valence-corrected chi connectivity index (χ3v) is 2.12. The highest BCUT2D eigenvalue weighted by atomic mass is 32.1. The molecule has 0 atom stereocenters. The highest BCUT2D eigenvalue weighted by molar-refractivity contribution is 7.12. The van der Waals surface area contributed by atoms with Gasteiger partial charge in [0.05, 0.1) is 10.6 Å². The van der Waals surface area contributed by atoms with Crippen LogP contribution in [-0.2, 0) is 4.84 Å². The van der Waals surface area contributed by atoms with Crippen LogP contribution in [0.2, 0.25) is 0 Å². The van der Waals surface area contributed by atoms with E-state index in [1.807, 2.05) is 24.4 Å². The lowest BCUT2D eigenvalue weighted by atomic mass is 10.3. The van der Waals surface area contributed by atoms with E-state index in [9.17, 15) is 0 Å². The standard InChI is InChI=1S/C8H9NOS/c1-3-10-9-7(2)8-5-4-6-11-8/h3-6H,1H2,2H3/b9-7+. The van der Waals surface area contributed by atoms with E-state index in [1.54, 1.807) is 11.3 Å². The lowest BCUT2D eigenvalue weighted by molar-refractivity contribution is 0.270. The molecule has 0 bridgehead atoms. The average Bonchev–Trinajstić information content (AvgIpc) is 2.52. The molecule has 0 spiro atoms. The number of oxime groups is 1. The summed E-state index contributed by atoms with van der Waals surface area (Å²) >= 11 is 1.64. The summed E-state index contributed by atoms with van der Waals surface area (Å²) in [4.78, 5) is 5.80. The third-order valence-electron chi connectivity index (χ3n) is 1.14. The molecule has 0 aliphatic carbocycles. The first-order valence-electron chi connectivity index (χ1n) is 3.20. The van der Waals surface area contributed by atoms with Crippen molar-refractivity contribution in [1.29, 1.82) is 0 Å². The molecule has 11 heavy (non-hydrogen) atoms. The highest BCUT2D eigenvalue weighted by Crippen LogP contribution is 2.09. The van der Waals surface area contributed by atoms with Crippen molar-refractivity contribution in [3.8, 4) is 0 Å². The van der Waals surface area contributed by atoms with Gasteiger partial charge in [0.1, 0.15) is 6.26 Å². The van der Waals surface area contributed by atoms with E-state index in [-0.39, 0.29) is 0 Å². The van der Waals surface area contributed by atoms with Gasteiger partial charge in [-0.25, -0.2) is 0 Å². The molecule has 1 aromatic heterocycles. The van der Waals surface area contributed by atoms with Crippen LogP contribution in [0.4, 0.5) is 0 Å². The monoisotopic (exact) mass is 167 g/mol. The SMILES string of the molecule is C=CO/N=C(\C)c1cccs1. The summed E-state index contributed by atoms with van der Waals surface area (Å²) in [7, 11) is 0. The zero-order chi connectivity index (χ0) is 8.10. The second-order valence-electron chi connectivity index (χ2n) is 1.93. The van der Waals surface area contributed by atoms with E-state index >= 15 is 0 Å². The van der Waals surface area contributed by atoms with Gasteiger partial charge in [-0.15, -0.1) is 11.3 Å². The van der Waals surface area contributed by atoms with E-state index in [2.05, 4.69) is 16.6 Å². The van der Waals surface area contributed by atoms with Crippen LogP contribution in [0.3, 0.4) is 0 Å². The Balaban J connectivity index is 2.68. The van der Waals surface area contributed by atoms with E-state index in [1.165, 1.54) is 6.26 Å². The molecule has 0 aromatic carbocycles. The maximum absolute atomic E-state index is 4.68. The van der Waals surface area contributed by atoms with Gasteiger partial charge in [0.15, 0.2) is 0 Å². The predicted molar refractivity (Wildman–Crippen MR) is 47.8 cm³/mol. The molecule has 0 unspecified atom stereocenters. The molecule has 0 saturated carbocycles. The number of nitrogens with zero attached hydrogens (tertiary/aromatic N) is 1. The second-order valence-corrected chi connectivity index (χ2v) is 2.87. The van der Waals surface area contributed by atoms with Crippen LogP contribution in [0.1, 0.15) is 11.8 Å². The summed E-state index contributed by atoms with van der Waals surface area (Å²) in [6.07, 6.45) is 1.30. The number of hydrogen-bond acceptors (Lipinski definition) is 3. The summed E-state index contributed by atoms with van der Waals surface area (Å²) in [5.74, 6) is 0. The molecule has 0 amide bonds. The summed E-state index contributed by atoms with van der Waals surface area (Å²) in [5, 5.41) is 5.80. The van der Waals surface area contributed by atoms with Crippen LogP contribution in [-0.4, -0.2) is 5.71 Å². The second kappa shape index (κ2) is 3.93. The Morgan fingerprint density at radius 1 is 1.82 bits per heavy atom. The van der Waals surface area contributed by atoms with Crippen LogP contribution in [0.5, 0.6) is 0 Å². The van der Waals surface area contributed by atoms with E-state index in [0.717, 1.165) is 10.6 Å². The van der Waals surface area contributed by atoms with Crippen molar-refractivity contribution in [2.24, 2.45) is 5.16 Å². The van der Waals surface area contributed by atoms with Gasteiger partial charge < -0.3 is 4.84 Å². The Hall–Kier alpha value is -1.09. The van der Waals surface area contributed by atoms with Crippen molar-refractivity contribution in [1.82, 2.24) is 0 Å². The molecular weight excluding hydrogens is 158 g/mol. The molecule has 1 rings (SSSR count). The van der Waals surface area contributed by atoms with Crippen LogP contribution in [0.25, 0.3) is 0 Å². The average molecular weight is 167 g/mol. The van der Waals surface area contributed by atoms with E-state index < -0.39 is 0 Å². The van der Waals surface area contributed by atoms with Crippen molar-refractivity contribution in [3.63, 3.8) is 0 Å². The first-order chi connectivity index (χ1) is 5.34. The molecule has 2 nitrogen and oxygen atoms in total. The van der Waals surface area contributed by atoms with Crippen LogP contribution in [0.15, 0.2) is 35.5 Å². The minimum atomic E-state index is 0.875. The van der Waals surface area contributed by atoms with Gasteiger partial charge in [-0.2, -0.15) is 0 Å². The Kier molecular flexibility index (Phi) is 2.86. The molecule has 3 heteroatoms. The van der Waals surface area contributed by atoms with Crippen molar-refractivity contribution >= 4 is 17.0 Å². The fraction of sp³-hybridized carbons (Fsp3) is 0.125. The number of thiophene rings is 1. The van der Waals surface area contributed by atoms with Gasteiger partial charge in [0, 0.05) is 0 Å². The Morgan fingerprint density at radius 2 is 2.64 bits per heavy atom. The Morgan fingerprint density at radius 3 is 3.18 bits per heavy atom. The molecule has 1 aromatic rings. The summed E-state index contributed by atoms with van der Waals surface area (Å²) in [5.41, 5.74) is 0.875. The minimum absolute atomic E-state index is 0.875. The zero-order valence-corrected chi connectivity index (χ0v) is 7.10. The fourth-order valence-corrected chi connectivity index (χ4v) is 1.31. The maximum Gasteiger partial charge on any atom is 0.114 e. The molecule has 0 N–H and O–H groups in total. The van der Waals surface area contributed by atoms with Crippen LogP contribution in [0, 0.1) is 0 Å². The number of hydrogen-bond donors (Lipinski definition) is 0. The van der Waals surface area contributed by atoms with Gasteiger partial charge in [-0.05, 0) is 18.4 Å². The first-order valence-corrected chi connectivity index (χ1v) is 4.07. The normalized spacial score (nSPS) is 11.2. The van der Waals surface area contributed by atoms with Crippen molar-refractivity contribution < 1.29 is 4.84 Å². The maximum atomic E-state index is 4.68. The predicted octanol–water partition coefficient (Wildman–Crippen LogP) is 2.63. The molecule has 0 fully saturated rings. The highest BCUT2D eigenvalue weighted by Gasteiger charge is 1.96. The topological polar surface area (TPSA) is 21.6 Å². The molecule has 0 aliphatic rings. The molecule has 1 heterocycles. The molecule has 0 aliphatic heterocycles. The molecular formula is C8H9NOS. The summed E-state index contributed by atoms with van der Waals surface area (Å²) in [6, 6.07) is 3.98. The van der Waals surface area contributed by atoms with E-state index in [0.29, 0.717) is 0 Å². The first kappa shape index (κ1) is 8.01. The van der Waals surface area contributed by atoms with Gasteiger partial charge in [-0.3, -0.25) is 0 Å². The quantitative estimate of drug-likeness (QED) is 0.385. The number of rotatable bonds is 3. The smallest absolute Gasteiger partial charge is 0.114 e. The van der Waals surface area contributed by atoms with Gasteiger partial charge in [0.2, 0.25) is 0 Å². The molecule has 0 saturated heterocycles. The Bertz CT molecular complexity index is 251. The van der Waals surface area contributed by atoms with Crippen molar-refractivity contribution in [2.75, 3.05) is 0 Å². The summed E-state index contributed by atoms with van der Waals surface area (Å²) in [6.45, 7) is 5.29. The van der Waals surface area contributed by atoms with Gasteiger partial charge >= 0.3 is 0 Å². The van der Waals surface area contributed by atoms with Crippen LogP contribution < -0.4 is 0 Å². The molecule has 0 radical (unpaired) electrons. The largest absolute Gasteiger partial charge is 0.365 e. The van der Waals surface area contributed by atoms with Crippen molar-refractivity contribution in [2.45, 2.75) is 6.92 Å². The van der Waals surface area contributed by atoms with Crippen molar-refractivity contribution in [3.05, 3.63) is 35.2 Å². The lowest BCUT2D eigenvalue weighted by Gasteiger charge is -1.92. The van der Waals surface area contributed by atoms with Crippen LogP contribution >= 0.6 is 11.3 Å². The zero-order valence-electron chi connectivity index (χ0n) is 6.28. The van der Waals surface area contributed by atoms with Gasteiger partial charge in [-0.1, -0.05) is 17.8 Å². The lowest BCUT2D eigenvalue weighted by Crippen LogP contribution is -1.89. The fourth-order valence-electron chi connectivity index (χ4n) is 0.646. The summed E-state index contributed by atoms with van der Waals surface area (Å²) < 4.78 is 0. The minimum Gasteiger partial charge on any atom is -0.365 e. The molecule has 58 valence electrons. The third kappa shape index (κ3) is 2.20. The Labute approximate surface area is 69.8 Å². The van der Waals surface area contributed by atoms with Gasteiger partial charge in [0.25, 0.3) is 0 Å².